The van der Waals surface area contributed by atoms with Gasteiger partial charge in [-0.15, -0.1) is 0 Å². The van der Waals surface area contributed by atoms with E-state index in [0.29, 0.717) is 0 Å². The summed E-state index contributed by atoms with van der Waals surface area (Å²) in [6.07, 6.45) is 0. The molecule has 126 valence electrons. The van der Waals surface area contributed by atoms with Crippen molar-refractivity contribution in [1.29, 1.82) is 0 Å². The van der Waals surface area contributed by atoms with Crippen molar-refractivity contribution in [2.45, 2.75) is 6.92 Å². The van der Waals surface area contributed by atoms with Crippen molar-refractivity contribution < 1.29 is 0 Å². The first-order chi connectivity index (χ1) is 12.8. The number of anilines is 3. The van der Waals surface area contributed by atoms with Gasteiger partial charge in [0.25, 0.3) is 0 Å². The summed E-state index contributed by atoms with van der Waals surface area (Å²) in [4.78, 5) is 2.32. The normalized spacial score (nSPS) is 10.5. The van der Waals surface area contributed by atoms with E-state index in [9.17, 15) is 0 Å². The molecule has 4 aromatic carbocycles. The van der Waals surface area contributed by atoms with Gasteiger partial charge >= 0.3 is 0 Å². The smallest absolute Gasteiger partial charge is 0.0540 e. The van der Waals surface area contributed by atoms with E-state index in [-0.39, 0.29) is 0 Å². The lowest BCUT2D eigenvalue weighted by Gasteiger charge is -2.28. The zero-order chi connectivity index (χ0) is 17.8. The molecular formula is C25H21N. The number of para-hydroxylation sites is 2. The molecule has 0 radical (unpaired) electrons. The van der Waals surface area contributed by atoms with E-state index in [4.69, 9.17) is 0 Å². The largest absolute Gasteiger partial charge is 0.310 e. The highest BCUT2D eigenvalue weighted by atomic mass is 15.1. The molecule has 4 rings (SSSR count). The fourth-order valence-electron chi connectivity index (χ4n) is 3.23. The minimum atomic E-state index is 1.15. The van der Waals surface area contributed by atoms with Crippen LogP contribution in [0.4, 0.5) is 17.1 Å². The van der Waals surface area contributed by atoms with E-state index in [1.807, 2.05) is 0 Å². The van der Waals surface area contributed by atoms with Crippen LogP contribution in [-0.2, 0) is 0 Å². The van der Waals surface area contributed by atoms with Crippen LogP contribution >= 0.6 is 0 Å². The second kappa shape index (κ2) is 7.28. The van der Waals surface area contributed by atoms with Gasteiger partial charge < -0.3 is 4.90 Å². The van der Waals surface area contributed by atoms with Crippen molar-refractivity contribution in [2.24, 2.45) is 0 Å². The topological polar surface area (TPSA) is 3.24 Å². The number of hydrogen-bond acceptors (Lipinski definition) is 1. The SMILES string of the molecule is Cc1ccc(N(c2ccccc2)c2ccccc2-c2ccccc2)cc1. The van der Waals surface area contributed by atoms with Crippen molar-refractivity contribution in [3.63, 3.8) is 0 Å². The maximum absolute atomic E-state index is 2.32. The molecule has 0 saturated heterocycles. The van der Waals surface area contributed by atoms with E-state index in [2.05, 4.69) is 121 Å². The van der Waals surface area contributed by atoms with Crippen LogP contribution < -0.4 is 4.90 Å². The molecule has 0 fully saturated rings. The van der Waals surface area contributed by atoms with Crippen LogP contribution in [0.1, 0.15) is 5.56 Å². The van der Waals surface area contributed by atoms with Gasteiger partial charge in [-0.1, -0.05) is 84.4 Å². The molecule has 0 aliphatic rings. The molecule has 4 aromatic rings. The van der Waals surface area contributed by atoms with E-state index in [0.717, 1.165) is 11.4 Å². The Morgan fingerprint density at radius 3 is 1.73 bits per heavy atom. The molecule has 0 spiro atoms. The number of hydrogen-bond donors (Lipinski definition) is 0. The molecule has 0 aromatic heterocycles. The molecule has 1 heteroatoms. The quantitative estimate of drug-likeness (QED) is 0.383. The fourth-order valence-corrected chi connectivity index (χ4v) is 3.23. The van der Waals surface area contributed by atoms with Gasteiger partial charge in [-0.3, -0.25) is 0 Å². The Bertz CT molecular complexity index is 973. The predicted molar refractivity (Wildman–Crippen MR) is 111 cm³/mol. The van der Waals surface area contributed by atoms with Gasteiger partial charge in [0.05, 0.1) is 5.69 Å². The Morgan fingerprint density at radius 2 is 1.04 bits per heavy atom. The van der Waals surface area contributed by atoms with E-state index in [1.165, 1.54) is 22.4 Å². The lowest BCUT2D eigenvalue weighted by Crippen LogP contribution is -2.11. The van der Waals surface area contributed by atoms with Crippen LogP contribution in [-0.4, -0.2) is 0 Å². The van der Waals surface area contributed by atoms with E-state index in [1.54, 1.807) is 0 Å². The average Bonchev–Trinajstić information content (AvgIpc) is 2.72. The molecular weight excluding hydrogens is 314 g/mol. The third kappa shape index (κ3) is 3.25. The molecule has 0 N–H and O–H groups in total. The van der Waals surface area contributed by atoms with Gasteiger partial charge in [0.1, 0.15) is 0 Å². The summed E-state index contributed by atoms with van der Waals surface area (Å²) < 4.78 is 0. The summed E-state index contributed by atoms with van der Waals surface area (Å²) in [6.45, 7) is 2.12. The van der Waals surface area contributed by atoms with Crippen LogP contribution in [0, 0.1) is 6.92 Å². The van der Waals surface area contributed by atoms with Crippen molar-refractivity contribution in [2.75, 3.05) is 4.90 Å². The van der Waals surface area contributed by atoms with Gasteiger partial charge in [-0.25, -0.2) is 0 Å². The first-order valence-corrected chi connectivity index (χ1v) is 8.89. The van der Waals surface area contributed by atoms with Crippen molar-refractivity contribution >= 4 is 17.1 Å². The number of aryl methyl sites for hydroxylation is 1. The highest BCUT2D eigenvalue weighted by Gasteiger charge is 2.16. The Hall–Kier alpha value is -3.32. The zero-order valence-electron chi connectivity index (χ0n) is 14.8. The number of rotatable bonds is 4. The molecule has 26 heavy (non-hydrogen) atoms. The summed E-state index contributed by atoms with van der Waals surface area (Å²) in [5, 5.41) is 0. The maximum Gasteiger partial charge on any atom is 0.0540 e. The van der Waals surface area contributed by atoms with Gasteiger partial charge in [-0.05, 0) is 42.8 Å². The molecule has 0 amide bonds. The molecule has 1 nitrogen and oxygen atoms in total. The maximum atomic E-state index is 2.32. The lowest BCUT2D eigenvalue weighted by atomic mass is 10.0. The van der Waals surface area contributed by atoms with E-state index < -0.39 is 0 Å². The first-order valence-electron chi connectivity index (χ1n) is 8.89. The Kier molecular flexibility index (Phi) is 4.53. The van der Waals surface area contributed by atoms with E-state index >= 15 is 0 Å². The molecule has 0 aliphatic carbocycles. The molecule has 0 heterocycles. The third-order valence-corrected chi connectivity index (χ3v) is 4.54. The van der Waals surface area contributed by atoms with Crippen LogP contribution in [0.2, 0.25) is 0 Å². The lowest BCUT2D eigenvalue weighted by molar-refractivity contribution is 1.27. The summed E-state index contributed by atoms with van der Waals surface area (Å²) in [5.41, 5.74) is 7.19. The molecule has 0 bridgehead atoms. The Labute approximate surface area is 155 Å². The standard InChI is InChI=1S/C25H21N/c1-20-16-18-23(19-17-20)26(22-12-6-3-7-13-22)25-15-9-8-14-24(25)21-10-4-2-5-11-21/h2-19H,1H3. The van der Waals surface area contributed by atoms with Crippen molar-refractivity contribution in [1.82, 2.24) is 0 Å². The first kappa shape index (κ1) is 16.2. The van der Waals surface area contributed by atoms with Crippen molar-refractivity contribution in [3.05, 3.63) is 115 Å². The highest BCUT2D eigenvalue weighted by molar-refractivity contribution is 5.87. The predicted octanol–water partition coefficient (Wildman–Crippen LogP) is 7.13. The minimum absolute atomic E-state index is 1.15. The molecule has 0 atom stereocenters. The summed E-state index contributed by atoms with van der Waals surface area (Å²) in [6, 6.07) is 38.4. The fraction of sp³-hybridized carbons (Fsp3) is 0.0400. The third-order valence-electron chi connectivity index (χ3n) is 4.54. The molecule has 0 saturated carbocycles. The Balaban J connectivity index is 1.92. The Morgan fingerprint density at radius 1 is 0.500 bits per heavy atom. The number of nitrogens with zero attached hydrogens (tertiary/aromatic N) is 1. The highest BCUT2D eigenvalue weighted by Crippen LogP contribution is 2.40. The van der Waals surface area contributed by atoms with Crippen LogP contribution in [0.25, 0.3) is 11.1 Å². The average molecular weight is 335 g/mol. The summed E-state index contributed by atoms with van der Waals surface area (Å²) in [7, 11) is 0. The zero-order valence-corrected chi connectivity index (χ0v) is 14.8. The van der Waals surface area contributed by atoms with Gasteiger partial charge in [0.15, 0.2) is 0 Å². The van der Waals surface area contributed by atoms with Crippen molar-refractivity contribution in [3.8, 4) is 11.1 Å². The van der Waals surface area contributed by atoms with Gasteiger partial charge in [0.2, 0.25) is 0 Å². The summed E-state index contributed by atoms with van der Waals surface area (Å²) in [5.74, 6) is 0. The molecule has 0 aliphatic heterocycles. The number of benzene rings is 4. The van der Waals surface area contributed by atoms with Gasteiger partial charge in [0, 0.05) is 16.9 Å². The summed E-state index contributed by atoms with van der Waals surface area (Å²) >= 11 is 0. The second-order valence-corrected chi connectivity index (χ2v) is 6.39. The van der Waals surface area contributed by atoms with Crippen LogP contribution in [0.15, 0.2) is 109 Å². The molecule has 0 unspecified atom stereocenters. The van der Waals surface area contributed by atoms with Gasteiger partial charge in [-0.2, -0.15) is 0 Å². The second-order valence-electron chi connectivity index (χ2n) is 6.39. The van der Waals surface area contributed by atoms with Crippen LogP contribution in [0.3, 0.4) is 0 Å². The van der Waals surface area contributed by atoms with Crippen LogP contribution in [0.5, 0.6) is 0 Å². The minimum Gasteiger partial charge on any atom is -0.310 e. The monoisotopic (exact) mass is 335 g/mol.